The number of carbonyl (C=O) groups is 3. The summed E-state index contributed by atoms with van der Waals surface area (Å²) in [6.07, 6.45) is 11.1. The van der Waals surface area contributed by atoms with E-state index in [1.807, 2.05) is 19.1 Å². The Morgan fingerprint density at radius 2 is 1.72 bits per heavy atom. The molecule has 0 saturated heterocycles. The van der Waals surface area contributed by atoms with Crippen molar-refractivity contribution < 1.29 is 19.1 Å². The zero-order chi connectivity index (χ0) is 29.0. The molecule has 3 fully saturated rings. The number of nitriles is 1. The standard InChI is InChI=1S/C34H49NO4/c1-9-23-12-13-32(7)27(31(23,6)19-22(21-35)25(36)10-2)18-26(37)28-24-20-30(4,5)14-16-34(24,29(38)39-11-3)17-15-33(28,32)8/h18-19,23-24,28H,9-17,20H2,1-8H3/b22-19-/t23?,24?,28?,31-,32+,33+,34-/m0/s1. The fourth-order valence-corrected chi connectivity index (χ4v) is 9.57. The van der Waals surface area contributed by atoms with Gasteiger partial charge in [-0.3, -0.25) is 14.4 Å². The van der Waals surface area contributed by atoms with Gasteiger partial charge in [0.1, 0.15) is 6.07 Å². The molecule has 0 heterocycles. The third-order valence-electron chi connectivity index (χ3n) is 12.1. The molecule has 39 heavy (non-hydrogen) atoms. The smallest absolute Gasteiger partial charge is 0.312 e. The summed E-state index contributed by atoms with van der Waals surface area (Å²) in [7, 11) is 0. The molecular formula is C34H49NO4. The van der Waals surface area contributed by atoms with E-state index in [4.69, 9.17) is 4.74 Å². The minimum atomic E-state index is -0.599. The average Bonchev–Trinajstić information content (AvgIpc) is 2.88. The van der Waals surface area contributed by atoms with Gasteiger partial charge < -0.3 is 4.74 Å². The van der Waals surface area contributed by atoms with Crippen LogP contribution in [-0.4, -0.2) is 24.1 Å². The Bertz CT molecular complexity index is 1160. The number of nitrogens with zero attached hydrogens (tertiary/aromatic N) is 1. The van der Waals surface area contributed by atoms with E-state index in [9.17, 15) is 19.6 Å². The summed E-state index contributed by atoms with van der Waals surface area (Å²) in [5.41, 5.74) is -0.391. The molecule has 5 heteroatoms. The molecule has 4 aliphatic rings. The van der Waals surface area contributed by atoms with E-state index in [-0.39, 0.29) is 63.5 Å². The first-order valence-electron chi connectivity index (χ1n) is 15.3. The Morgan fingerprint density at radius 3 is 2.31 bits per heavy atom. The lowest BCUT2D eigenvalue weighted by molar-refractivity contribution is -0.191. The summed E-state index contributed by atoms with van der Waals surface area (Å²) in [4.78, 5) is 40.8. The molecule has 3 saturated carbocycles. The predicted molar refractivity (Wildman–Crippen MR) is 152 cm³/mol. The van der Waals surface area contributed by atoms with Crippen LogP contribution in [0.1, 0.15) is 113 Å². The van der Waals surface area contributed by atoms with Crippen LogP contribution in [0.5, 0.6) is 0 Å². The van der Waals surface area contributed by atoms with E-state index in [2.05, 4.69) is 47.6 Å². The number of fused-ring (bicyclic) bond motifs is 5. The first-order valence-corrected chi connectivity index (χ1v) is 15.3. The van der Waals surface area contributed by atoms with Gasteiger partial charge in [0.15, 0.2) is 11.6 Å². The van der Waals surface area contributed by atoms with E-state index in [1.165, 1.54) is 0 Å². The number of rotatable bonds is 6. The van der Waals surface area contributed by atoms with E-state index in [0.717, 1.165) is 56.9 Å². The average molecular weight is 536 g/mol. The fourth-order valence-electron chi connectivity index (χ4n) is 9.57. The number of hydrogen-bond donors (Lipinski definition) is 0. The zero-order valence-corrected chi connectivity index (χ0v) is 25.5. The highest BCUT2D eigenvalue weighted by atomic mass is 16.5. The molecule has 0 aromatic rings. The maximum Gasteiger partial charge on any atom is 0.312 e. The quantitative estimate of drug-likeness (QED) is 0.199. The van der Waals surface area contributed by atoms with Crippen molar-refractivity contribution in [2.75, 3.05) is 6.61 Å². The monoisotopic (exact) mass is 535 g/mol. The number of Topliss-reactive ketones (excluding diaryl/α,β-unsaturated/α-hetero) is 1. The Kier molecular flexibility index (Phi) is 7.63. The van der Waals surface area contributed by atoms with Crippen molar-refractivity contribution in [1.82, 2.24) is 0 Å². The van der Waals surface area contributed by atoms with Gasteiger partial charge in [-0.05, 0) is 86.0 Å². The van der Waals surface area contributed by atoms with Gasteiger partial charge in [0.05, 0.1) is 17.6 Å². The van der Waals surface area contributed by atoms with Crippen molar-refractivity contribution in [3.05, 3.63) is 23.3 Å². The van der Waals surface area contributed by atoms with Crippen molar-refractivity contribution in [3.63, 3.8) is 0 Å². The van der Waals surface area contributed by atoms with Gasteiger partial charge in [-0.1, -0.05) is 66.5 Å². The van der Waals surface area contributed by atoms with Crippen LogP contribution in [0, 0.1) is 56.2 Å². The van der Waals surface area contributed by atoms with E-state index < -0.39 is 10.8 Å². The number of esters is 1. The zero-order valence-electron chi connectivity index (χ0n) is 25.5. The first-order chi connectivity index (χ1) is 18.2. The van der Waals surface area contributed by atoms with Gasteiger partial charge in [-0.15, -0.1) is 0 Å². The van der Waals surface area contributed by atoms with Crippen molar-refractivity contribution in [2.24, 2.45) is 44.8 Å². The second-order valence-corrected chi connectivity index (χ2v) is 14.4. The maximum atomic E-state index is 14.5. The third-order valence-corrected chi connectivity index (χ3v) is 12.1. The van der Waals surface area contributed by atoms with Crippen molar-refractivity contribution >= 4 is 17.5 Å². The maximum absolute atomic E-state index is 14.5. The number of carbonyl (C=O) groups excluding carboxylic acids is 3. The summed E-state index contributed by atoms with van der Waals surface area (Å²) in [5, 5.41) is 9.92. The molecule has 0 aromatic heterocycles. The number of ketones is 2. The molecule has 3 unspecified atom stereocenters. The summed E-state index contributed by atoms with van der Waals surface area (Å²) in [6, 6.07) is 2.18. The molecule has 7 atom stereocenters. The van der Waals surface area contributed by atoms with Gasteiger partial charge in [0, 0.05) is 17.8 Å². The molecule has 4 rings (SSSR count). The van der Waals surface area contributed by atoms with Gasteiger partial charge in [0.25, 0.3) is 0 Å². The van der Waals surface area contributed by atoms with Crippen LogP contribution in [0.3, 0.4) is 0 Å². The van der Waals surface area contributed by atoms with Crippen molar-refractivity contribution in [3.8, 4) is 6.07 Å². The molecule has 5 nitrogen and oxygen atoms in total. The van der Waals surface area contributed by atoms with Gasteiger partial charge in [-0.2, -0.15) is 5.26 Å². The summed E-state index contributed by atoms with van der Waals surface area (Å²) in [5.74, 6) is -0.189. The van der Waals surface area contributed by atoms with Gasteiger partial charge >= 0.3 is 5.97 Å². The largest absolute Gasteiger partial charge is 0.466 e. The van der Waals surface area contributed by atoms with Crippen molar-refractivity contribution in [1.29, 1.82) is 5.26 Å². The highest BCUT2D eigenvalue weighted by Crippen LogP contribution is 2.73. The molecule has 4 aliphatic carbocycles. The van der Waals surface area contributed by atoms with Crippen LogP contribution in [0.4, 0.5) is 0 Å². The summed E-state index contributed by atoms with van der Waals surface area (Å²) < 4.78 is 5.70. The normalized spacial score (nSPS) is 41.3. The molecule has 0 aromatic carbocycles. The lowest BCUT2D eigenvalue weighted by Gasteiger charge is -2.67. The van der Waals surface area contributed by atoms with Crippen LogP contribution in [0.2, 0.25) is 0 Å². The Hall–Kier alpha value is -2.22. The Balaban J connectivity index is 1.91. The van der Waals surface area contributed by atoms with Crippen LogP contribution in [0.25, 0.3) is 0 Å². The Morgan fingerprint density at radius 1 is 1.05 bits per heavy atom. The number of hydrogen-bond acceptors (Lipinski definition) is 5. The minimum Gasteiger partial charge on any atom is -0.466 e. The molecule has 0 N–H and O–H groups in total. The Labute approximate surface area is 235 Å². The molecule has 0 spiro atoms. The highest BCUT2D eigenvalue weighted by Gasteiger charge is 2.69. The summed E-state index contributed by atoms with van der Waals surface area (Å²) in [6.45, 7) is 17.5. The topological polar surface area (TPSA) is 84.2 Å². The predicted octanol–water partition coefficient (Wildman–Crippen LogP) is 7.55. The molecule has 0 bridgehead atoms. The van der Waals surface area contributed by atoms with Crippen LogP contribution >= 0.6 is 0 Å². The van der Waals surface area contributed by atoms with Gasteiger partial charge in [0.2, 0.25) is 0 Å². The van der Waals surface area contributed by atoms with Crippen LogP contribution in [0.15, 0.2) is 23.3 Å². The molecule has 0 aliphatic heterocycles. The van der Waals surface area contributed by atoms with Gasteiger partial charge in [-0.25, -0.2) is 0 Å². The van der Waals surface area contributed by atoms with E-state index in [0.29, 0.717) is 6.61 Å². The van der Waals surface area contributed by atoms with Crippen LogP contribution < -0.4 is 0 Å². The van der Waals surface area contributed by atoms with Crippen molar-refractivity contribution in [2.45, 2.75) is 113 Å². The molecular weight excluding hydrogens is 486 g/mol. The highest BCUT2D eigenvalue weighted by molar-refractivity contribution is 5.99. The van der Waals surface area contributed by atoms with Crippen LogP contribution in [-0.2, 0) is 19.1 Å². The lowest BCUT2D eigenvalue weighted by Crippen LogP contribution is -2.64. The SMILES string of the molecule is CCOC(=O)[C@]12CCC(C)(C)CC1C1C(=O)C=C3[C@@](C)(/C=C(/C#N)C(=O)CC)C(CC)CC[C@@]3(C)[C@]1(C)CC2. The first kappa shape index (κ1) is 29.8. The minimum absolute atomic E-state index is 0.0526. The third kappa shape index (κ3) is 4.27. The summed E-state index contributed by atoms with van der Waals surface area (Å²) >= 11 is 0. The number of ether oxygens (including phenoxy) is 1. The second-order valence-electron chi connectivity index (χ2n) is 14.4. The second kappa shape index (κ2) is 10.0. The lowest BCUT2D eigenvalue weighted by atomic mass is 9.35. The van der Waals surface area contributed by atoms with E-state index in [1.54, 1.807) is 6.92 Å². The molecule has 0 radical (unpaired) electrons. The van der Waals surface area contributed by atoms with E-state index >= 15 is 0 Å². The molecule has 0 amide bonds. The number of allylic oxidation sites excluding steroid dienone is 4. The molecule has 214 valence electrons. The fraction of sp³-hybridized carbons (Fsp3) is 0.765.